The van der Waals surface area contributed by atoms with Gasteiger partial charge in [-0.2, -0.15) is 9.66 Å². The van der Waals surface area contributed by atoms with Gasteiger partial charge in [0, 0.05) is 59.1 Å². The maximum atomic E-state index is 11.0. The van der Waals surface area contributed by atoms with E-state index in [1.54, 1.807) is 87.9 Å². The number of nitrogen functional groups attached to an aromatic ring is 1. The van der Waals surface area contributed by atoms with Crippen LogP contribution in [0.4, 0.5) is 14.4 Å². The lowest BCUT2D eigenvalue weighted by Crippen LogP contribution is -2.34. The molecule has 0 aliphatic rings. The van der Waals surface area contributed by atoms with Gasteiger partial charge in [-0.3, -0.25) is 101 Å². The summed E-state index contributed by atoms with van der Waals surface area (Å²) < 4.78 is 45.5. The van der Waals surface area contributed by atoms with Crippen molar-refractivity contribution in [1.82, 2.24) is 79.8 Å². The van der Waals surface area contributed by atoms with Crippen molar-refractivity contribution in [1.29, 1.82) is 0 Å². The van der Waals surface area contributed by atoms with Crippen molar-refractivity contribution < 1.29 is 73.7 Å². The van der Waals surface area contributed by atoms with Crippen molar-refractivity contribution >= 4 is 68.3 Å². The Bertz CT molecular complexity index is 1860. The Hall–Kier alpha value is -7.58. The van der Waals surface area contributed by atoms with Crippen molar-refractivity contribution in [2.75, 3.05) is 62.7 Å². The molecule has 0 aromatic heterocycles. The summed E-state index contributed by atoms with van der Waals surface area (Å²) in [6.45, 7) is 2.79. The van der Waals surface area contributed by atoms with Crippen LogP contribution in [-0.2, 0) is 39.2 Å². The minimum absolute atomic E-state index is 0. The molecule has 478 valence electrons. The number of ether oxygens (including phenoxy) is 1. The number of methoxy groups -OCH3 is 1. The molecule has 2 aromatic rings. The van der Waals surface area contributed by atoms with E-state index in [4.69, 9.17) is 27.9 Å². The van der Waals surface area contributed by atoms with Crippen LogP contribution < -0.4 is 156 Å². The number of carbonyl (C=O) groups is 7. The van der Waals surface area contributed by atoms with Crippen LogP contribution in [0.2, 0.25) is 0 Å². The number of nitrogens with zero attached hydrogens (tertiary/aromatic N) is 2. The van der Waals surface area contributed by atoms with Gasteiger partial charge in [-0.05, 0) is 52.5 Å². The van der Waals surface area contributed by atoms with Crippen LogP contribution >= 0.6 is 0 Å². The lowest BCUT2D eigenvalue weighted by molar-refractivity contribution is -0.120. The van der Waals surface area contributed by atoms with Gasteiger partial charge < -0.3 is 33.5 Å². The predicted octanol–water partition coefficient (Wildman–Crippen LogP) is -8.26. The van der Waals surface area contributed by atoms with Crippen molar-refractivity contribution in [2.45, 2.75) is 26.2 Å². The molecule has 76 heavy (non-hydrogen) atoms. The smallest absolute Gasteiger partial charge is 0.421 e. The fourth-order valence-electron chi connectivity index (χ4n) is 1.58. The first-order chi connectivity index (χ1) is 34.7. The van der Waals surface area contributed by atoms with Crippen LogP contribution in [-0.4, -0.2) is 133 Å². The molecule has 2 rings (SSSR count). The zero-order valence-electron chi connectivity index (χ0n) is 43.5. The standard InChI is InChI=1S/C7H8N2O.C6H8N2O2S.C3H8N2O.C3H10N2.C2H6N2O2.C2H6N2O.C2H8N2.CH6N4.2CH5N3O.CH6N2O2S.CH4N2O.CH6N2.CH4.13H2/c8-9-7(10)6-4-2-1-3-5-6;7-8-11(9,10)6-4-2-1-3-5-6;1-3(6)5-4-2;1-4-5(2)3;1-6-2(5)4-3;1-2(5)4-3;1-3-4-2;2-1(3)5-4;2*2-1(5)4-3;1-6(4,5)3-2;2-3-1-4;1-3-2;;;;;;;;;;;;;;/h1-5H,8H2,(H,9,10);1-5,8H,7H2;4H,1-2H3,(H,5,6);4H,1-3H3;3H2,1H3,(H,4,5);3H2,1H3,(H,4,5);3-4H,1-2H3;4H2,(H4,2,3,5);2*3H2,(H3,2,4,5);3H,2H2,1H3;1H,2H2,(H,3,4);3H,2H2,1H3;1H4;13*1H. The number of guanidine groups is 1. The highest BCUT2D eigenvalue weighted by Gasteiger charge is 2.09. The Balaban J connectivity index is -0.0000000217. The van der Waals surface area contributed by atoms with Crippen LogP contribution in [0.1, 0.15) is 50.2 Å². The molecule has 0 radical (unpaired) electrons. The number of nitrogens with one attached hydrogen (secondary N) is 14. The van der Waals surface area contributed by atoms with E-state index in [-0.39, 0.29) is 54.5 Å². The van der Waals surface area contributed by atoms with Gasteiger partial charge in [0.2, 0.25) is 34.2 Å². The summed E-state index contributed by atoms with van der Waals surface area (Å²) in [7, 11) is 7.33. The zero-order valence-corrected chi connectivity index (χ0v) is 45.2. The van der Waals surface area contributed by atoms with Crippen LogP contribution in [0.3, 0.4) is 0 Å². The van der Waals surface area contributed by atoms with E-state index in [0.717, 1.165) is 6.26 Å². The maximum absolute atomic E-state index is 11.0. The topological polar surface area (TPSA) is 745 Å². The second-order valence-electron chi connectivity index (χ2n) is 10.7. The average Bonchev–Trinajstić information content (AvgIpc) is 3.40. The molecule has 2 aromatic carbocycles. The summed E-state index contributed by atoms with van der Waals surface area (Å²) in [6, 6.07) is 15.3. The van der Waals surface area contributed by atoms with Gasteiger partial charge in [-0.1, -0.05) is 43.8 Å². The molecule has 0 aliphatic carbocycles. The number of rotatable bonds is 8. The number of amides is 9. The molecule has 0 aliphatic heterocycles. The van der Waals surface area contributed by atoms with Gasteiger partial charge in [0.05, 0.1) is 18.3 Å². The number of urea groups is 2. The van der Waals surface area contributed by atoms with Crippen LogP contribution in [0.15, 0.2) is 70.7 Å². The summed E-state index contributed by atoms with van der Waals surface area (Å²) in [5, 5.41) is 4.74. The Labute approximate surface area is 463 Å². The molecule has 0 unspecified atom stereocenters. The van der Waals surface area contributed by atoms with Crippen LogP contribution in [0.25, 0.3) is 0 Å². The lowest BCUT2D eigenvalue weighted by Gasteiger charge is -2.02. The third kappa shape index (κ3) is 138. The average molecular weight is 1180 g/mol. The first-order valence-electron chi connectivity index (χ1n) is 19.0. The molecule has 9 amide bonds. The van der Waals surface area contributed by atoms with E-state index < -0.39 is 38.2 Å². The second kappa shape index (κ2) is 78.8. The van der Waals surface area contributed by atoms with E-state index in [9.17, 15) is 45.6 Å². The third-order valence-corrected chi connectivity index (χ3v) is 6.23. The summed E-state index contributed by atoms with van der Waals surface area (Å²) in [5.41, 5.74) is 44.8. The monoisotopic (exact) mass is 1180 g/mol. The summed E-state index contributed by atoms with van der Waals surface area (Å²) in [4.78, 5) is 71.1. The van der Waals surface area contributed by atoms with Gasteiger partial charge in [-0.15, -0.1) is 5.10 Å². The Morgan fingerprint density at radius 2 is 0.921 bits per heavy atom. The number of hydrogen-bond donors (Lipinski definition) is 28. The highest BCUT2D eigenvalue weighted by Crippen LogP contribution is 2.04. The molecule has 0 heterocycles. The molecular formula is C32H116N30O12S2. The Morgan fingerprint density at radius 1 is 0.618 bits per heavy atom. The third-order valence-electron chi connectivity index (χ3n) is 4.60. The largest absolute Gasteiger partial charge is 0.452 e. The molecule has 0 fully saturated rings. The zero-order chi connectivity index (χ0) is 61.9. The minimum atomic E-state index is -3.47. The highest BCUT2D eigenvalue weighted by atomic mass is 32.2. The van der Waals surface area contributed by atoms with Crippen LogP contribution in [0.5, 0.6) is 0 Å². The number of primary amides is 2. The fourth-order valence-corrected chi connectivity index (χ4v) is 2.23. The number of nitrogens with two attached hydrogens (primary N) is 14. The molecule has 0 bridgehead atoms. The Kier molecular flexibility index (Phi) is 101. The number of hydrazine groups is 12. The van der Waals surface area contributed by atoms with E-state index in [1.807, 2.05) is 57.2 Å². The number of sulfonamides is 2. The van der Waals surface area contributed by atoms with Gasteiger partial charge in [0.25, 0.3) is 15.9 Å². The molecule has 0 spiro atoms. The number of hydrogen-bond acceptors (Lipinski definition) is 29. The molecule has 42 N–H and O–H groups in total. The normalized spacial score (nSPS) is 8.17. The molecular weight excluding hydrogens is 1060 g/mol. The molecule has 44 heteroatoms. The van der Waals surface area contributed by atoms with Gasteiger partial charge in [0.1, 0.15) is 0 Å². The highest BCUT2D eigenvalue weighted by molar-refractivity contribution is 7.89. The number of benzene rings is 2. The molecule has 0 saturated carbocycles. The Morgan fingerprint density at radius 3 is 1.04 bits per heavy atom. The summed E-state index contributed by atoms with van der Waals surface area (Å²) in [6.07, 6.45) is 0.752. The summed E-state index contributed by atoms with van der Waals surface area (Å²) >= 11 is 0. The number of carbonyl (C=O) groups excluding carboxylic acids is 7. The van der Waals surface area contributed by atoms with Gasteiger partial charge in [-0.25, -0.2) is 71.7 Å². The SMILES string of the molecule is C.CC(=O)NN.CNN.CNN(C)C.CNNC.CNNC(C)=O.COC(=O)NN.CS(=O)(=O)NN.NN=C(N)N.NNC(=O)c1ccccc1.NNC(N)=O.NNC(N)=O.NNC=O.NNS(=O)(=O)c1ccccc1.[HH].[HH].[HH].[HH].[HH].[HH].[HH].[HH].[HH].[HH].[HH].[HH].[HH]. The van der Waals surface area contributed by atoms with Crippen molar-refractivity contribution in [2.24, 2.45) is 86.5 Å². The minimum Gasteiger partial charge on any atom is -0.452 e. The second-order valence-corrected chi connectivity index (χ2v) is 14.2. The number of hydrazone groups is 1. The predicted molar refractivity (Wildman–Crippen MR) is 317 cm³/mol. The fraction of sp³-hybridized carbons (Fsp3) is 0.375. The summed E-state index contributed by atoms with van der Waals surface area (Å²) in [5.74, 6) is 45.1. The van der Waals surface area contributed by atoms with Crippen molar-refractivity contribution in [3.8, 4) is 0 Å². The van der Waals surface area contributed by atoms with Crippen LogP contribution in [0, 0.1) is 0 Å². The van der Waals surface area contributed by atoms with E-state index in [0.29, 0.717) is 12.0 Å². The quantitative estimate of drug-likeness (QED) is 0.0291. The van der Waals surface area contributed by atoms with Gasteiger partial charge in [0.15, 0.2) is 0 Å². The van der Waals surface area contributed by atoms with Crippen molar-refractivity contribution in [3.63, 3.8) is 0 Å². The van der Waals surface area contributed by atoms with Crippen molar-refractivity contribution in [3.05, 3.63) is 66.2 Å². The van der Waals surface area contributed by atoms with E-state index in [1.165, 1.54) is 33.1 Å². The first-order valence-corrected chi connectivity index (χ1v) is 22.3. The molecule has 0 atom stereocenters. The molecule has 42 nitrogen and oxygen atoms in total. The van der Waals surface area contributed by atoms with Gasteiger partial charge >= 0.3 is 18.2 Å². The first kappa shape index (κ1) is 97.7. The van der Waals surface area contributed by atoms with E-state index >= 15 is 0 Å². The maximum Gasteiger partial charge on any atom is 0.421 e. The lowest BCUT2D eigenvalue weighted by atomic mass is 10.2. The molecule has 0 saturated heterocycles. The van der Waals surface area contributed by atoms with E-state index in [2.05, 4.69) is 101 Å².